The van der Waals surface area contributed by atoms with Crippen molar-refractivity contribution < 1.29 is 22.8 Å². The zero-order valence-corrected chi connectivity index (χ0v) is 15.6. The summed E-state index contributed by atoms with van der Waals surface area (Å²) in [6.45, 7) is 1.86. The van der Waals surface area contributed by atoms with Crippen molar-refractivity contribution in [3.8, 4) is 0 Å². The largest absolute Gasteiger partial charge is 0.502 e. The van der Waals surface area contributed by atoms with E-state index in [4.69, 9.17) is 12.2 Å². The molecule has 0 radical (unpaired) electrons. The van der Waals surface area contributed by atoms with Gasteiger partial charge in [-0.2, -0.15) is 4.57 Å². The number of thiocarbonyl (C=S) groups is 1. The normalized spacial score (nSPS) is 11.7. The number of aryl methyl sites for hydroxylation is 1. The predicted molar refractivity (Wildman–Crippen MR) is 106 cm³/mol. The number of pyridine rings is 1. The molecule has 0 atom stereocenters. The van der Waals surface area contributed by atoms with Gasteiger partial charge in [0.05, 0.1) is 5.69 Å². The molecule has 0 aliphatic heterocycles. The van der Waals surface area contributed by atoms with Crippen LogP contribution in [0.1, 0.15) is 11.1 Å². The summed E-state index contributed by atoms with van der Waals surface area (Å²) in [5, 5.41) is 13.5. The van der Waals surface area contributed by atoms with E-state index in [0.29, 0.717) is 5.56 Å². The van der Waals surface area contributed by atoms with Crippen molar-refractivity contribution in [1.29, 1.82) is 0 Å². The summed E-state index contributed by atoms with van der Waals surface area (Å²) in [6.07, 6.45) is 3.39. The number of nitrogens with one attached hydrogen (secondary N) is 1. The summed E-state index contributed by atoms with van der Waals surface area (Å²) in [7, 11) is 0. The van der Waals surface area contributed by atoms with Crippen LogP contribution in [0.5, 0.6) is 0 Å². The topological polar surface area (TPSA) is 36.1 Å². The average molecular weight is 401 g/mol. The standard InChI is InChI=1S/C21H15F3N2OS/c1-13-3-2-10-26(12-13)19(20(27)14-4-6-15(22)7-5-14)21(28)25-18-9-8-16(23)11-17(18)24/h2-12H,1H3,(H-,25,27,28)/p+1. The smallest absolute Gasteiger partial charge is 0.288 e. The van der Waals surface area contributed by atoms with Gasteiger partial charge in [-0.1, -0.05) is 12.2 Å². The molecular weight excluding hydrogens is 385 g/mol. The molecular formula is C21H16F3N2OS+. The molecule has 0 spiro atoms. The summed E-state index contributed by atoms with van der Waals surface area (Å²) in [6, 6.07) is 11.9. The second kappa shape index (κ2) is 8.22. The van der Waals surface area contributed by atoms with E-state index in [-0.39, 0.29) is 22.1 Å². The fourth-order valence-corrected chi connectivity index (χ4v) is 2.91. The van der Waals surface area contributed by atoms with Gasteiger partial charge in [-0.15, -0.1) is 0 Å². The Labute approximate surface area is 165 Å². The number of benzene rings is 2. The fourth-order valence-electron chi connectivity index (χ4n) is 2.60. The minimum absolute atomic E-state index is 0.00272. The molecule has 1 heterocycles. The minimum Gasteiger partial charge on any atom is -0.502 e. The zero-order valence-electron chi connectivity index (χ0n) is 14.8. The van der Waals surface area contributed by atoms with E-state index in [2.05, 4.69) is 5.32 Å². The van der Waals surface area contributed by atoms with Crippen molar-refractivity contribution in [2.75, 3.05) is 5.32 Å². The Morgan fingerprint density at radius 3 is 2.32 bits per heavy atom. The van der Waals surface area contributed by atoms with E-state index < -0.39 is 17.5 Å². The van der Waals surface area contributed by atoms with Gasteiger partial charge in [0.2, 0.25) is 0 Å². The van der Waals surface area contributed by atoms with Gasteiger partial charge >= 0.3 is 0 Å². The van der Waals surface area contributed by atoms with Crippen LogP contribution in [0.4, 0.5) is 18.9 Å². The maximum Gasteiger partial charge on any atom is 0.288 e. The number of hydrogen-bond donors (Lipinski definition) is 2. The monoisotopic (exact) mass is 401 g/mol. The molecule has 28 heavy (non-hydrogen) atoms. The lowest BCUT2D eigenvalue weighted by Gasteiger charge is -2.11. The Hall–Kier alpha value is -3.19. The van der Waals surface area contributed by atoms with Gasteiger partial charge in [0.1, 0.15) is 17.5 Å². The number of hydrogen-bond acceptors (Lipinski definition) is 2. The van der Waals surface area contributed by atoms with Crippen molar-refractivity contribution in [1.82, 2.24) is 0 Å². The first-order valence-corrected chi connectivity index (χ1v) is 8.70. The Bertz CT molecular complexity index is 1070. The van der Waals surface area contributed by atoms with Gasteiger partial charge in [0.15, 0.2) is 23.1 Å². The number of halogens is 3. The molecule has 3 aromatic rings. The van der Waals surface area contributed by atoms with Crippen LogP contribution in [-0.4, -0.2) is 10.1 Å². The summed E-state index contributed by atoms with van der Waals surface area (Å²) in [5.41, 5.74) is 1.34. The quantitative estimate of drug-likeness (QED) is 0.279. The third-order valence-electron chi connectivity index (χ3n) is 3.94. The Morgan fingerprint density at radius 1 is 1.00 bits per heavy atom. The molecule has 0 saturated carbocycles. The van der Waals surface area contributed by atoms with Crippen LogP contribution in [0.25, 0.3) is 11.5 Å². The molecule has 2 aromatic carbocycles. The van der Waals surface area contributed by atoms with E-state index in [0.717, 1.165) is 17.7 Å². The van der Waals surface area contributed by atoms with Gasteiger partial charge < -0.3 is 10.4 Å². The molecule has 0 saturated heterocycles. The summed E-state index contributed by atoms with van der Waals surface area (Å²) >= 11 is 5.39. The van der Waals surface area contributed by atoms with E-state index in [9.17, 15) is 18.3 Å². The maximum atomic E-state index is 14.0. The molecule has 2 N–H and O–H groups in total. The summed E-state index contributed by atoms with van der Waals surface area (Å²) < 4.78 is 42.0. The second-order valence-corrected chi connectivity index (χ2v) is 6.48. The van der Waals surface area contributed by atoms with Crippen molar-refractivity contribution in [2.45, 2.75) is 6.92 Å². The van der Waals surface area contributed by atoms with E-state index in [1.165, 1.54) is 30.3 Å². The Morgan fingerprint density at radius 2 is 1.68 bits per heavy atom. The van der Waals surface area contributed by atoms with Crippen LogP contribution in [-0.2, 0) is 0 Å². The van der Waals surface area contributed by atoms with Crippen molar-refractivity contribution in [3.63, 3.8) is 0 Å². The maximum absolute atomic E-state index is 14.0. The molecule has 0 aliphatic carbocycles. The Balaban J connectivity index is 2.09. The lowest BCUT2D eigenvalue weighted by Crippen LogP contribution is -2.38. The van der Waals surface area contributed by atoms with Crippen LogP contribution < -0.4 is 9.88 Å². The van der Waals surface area contributed by atoms with Crippen molar-refractivity contribution in [3.05, 3.63) is 95.6 Å². The third-order valence-corrected chi connectivity index (χ3v) is 4.24. The average Bonchev–Trinajstić information content (AvgIpc) is 2.65. The van der Waals surface area contributed by atoms with Crippen molar-refractivity contribution >= 4 is 34.3 Å². The summed E-state index contributed by atoms with van der Waals surface area (Å²) in [5.74, 6) is -2.21. The number of anilines is 1. The molecule has 142 valence electrons. The number of aromatic nitrogens is 1. The summed E-state index contributed by atoms with van der Waals surface area (Å²) in [4.78, 5) is 0.00272. The highest BCUT2D eigenvalue weighted by molar-refractivity contribution is 7.81. The molecule has 0 bridgehead atoms. The van der Waals surface area contributed by atoms with Crippen LogP contribution in [0.3, 0.4) is 0 Å². The van der Waals surface area contributed by atoms with Crippen LogP contribution >= 0.6 is 12.2 Å². The zero-order chi connectivity index (χ0) is 20.3. The SMILES string of the molecule is Cc1ccc[n+](/C(C(=S)Nc2ccc(F)cc2F)=C(/O)c2ccc(F)cc2)c1. The van der Waals surface area contributed by atoms with Crippen molar-refractivity contribution in [2.24, 2.45) is 0 Å². The molecule has 0 amide bonds. The lowest BCUT2D eigenvalue weighted by molar-refractivity contribution is -0.576. The third kappa shape index (κ3) is 4.37. The number of aliphatic hydroxyl groups is 1. The van der Waals surface area contributed by atoms with Crippen LogP contribution in [0, 0.1) is 24.4 Å². The first-order chi connectivity index (χ1) is 13.3. The molecule has 0 fully saturated rings. The molecule has 1 aromatic heterocycles. The van der Waals surface area contributed by atoms with Gasteiger partial charge in [-0.3, -0.25) is 0 Å². The Kier molecular flexibility index (Phi) is 5.75. The van der Waals surface area contributed by atoms with Gasteiger partial charge in [-0.05, 0) is 49.4 Å². The van der Waals surface area contributed by atoms with Crippen LogP contribution in [0.15, 0.2) is 67.0 Å². The first-order valence-electron chi connectivity index (χ1n) is 8.29. The minimum atomic E-state index is -0.822. The van der Waals surface area contributed by atoms with Gasteiger partial charge in [-0.25, -0.2) is 13.2 Å². The molecule has 0 aliphatic rings. The highest BCUT2D eigenvalue weighted by Crippen LogP contribution is 2.21. The van der Waals surface area contributed by atoms with E-state index >= 15 is 0 Å². The number of aliphatic hydroxyl groups excluding tert-OH is 1. The predicted octanol–water partition coefficient (Wildman–Crippen LogP) is 5.02. The first kappa shape index (κ1) is 19.6. The van der Waals surface area contributed by atoms with Gasteiger partial charge in [0.25, 0.3) is 5.70 Å². The fraction of sp³-hybridized carbons (Fsp3) is 0.0476. The molecule has 3 rings (SSSR count). The number of nitrogens with zero attached hydrogens (tertiary/aromatic N) is 1. The molecule has 3 nitrogen and oxygen atoms in total. The molecule has 0 unspecified atom stereocenters. The highest BCUT2D eigenvalue weighted by Gasteiger charge is 2.24. The van der Waals surface area contributed by atoms with E-state index in [1.54, 1.807) is 23.0 Å². The lowest BCUT2D eigenvalue weighted by atomic mass is 10.1. The van der Waals surface area contributed by atoms with E-state index in [1.807, 2.05) is 13.0 Å². The molecule has 7 heteroatoms. The second-order valence-electron chi connectivity index (χ2n) is 6.07. The number of rotatable bonds is 4. The van der Waals surface area contributed by atoms with Gasteiger partial charge in [0, 0.05) is 23.3 Å². The highest BCUT2D eigenvalue weighted by atomic mass is 32.1. The van der Waals surface area contributed by atoms with Crippen LogP contribution in [0.2, 0.25) is 0 Å².